The molecule has 6 atom stereocenters. The highest BCUT2D eigenvalue weighted by Gasteiger charge is 2.44. The maximum Gasteiger partial charge on any atom is 0.334 e. The fourth-order valence-electron chi connectivity index (χ4n) is 8.16. The van der Waals surface area contributed by atoms with E-state index < -0.39 is 21.9 Å². The topological polar surface area (TPSA) is 135 Å². The number of amides is 3. The number of carbonyl (C=O) groups excluding carboxylic acids is 2. The first kappa shape index (κ1) is 34.2. The Morgan fingerprint density at radius 2 is 1.98 bits per heavy atom. The van der Waals surface area contributed by atoms with Crippen molar-refractivity contribution in [3.05, 3.63) is 89.3 Å². The van der Waals surface area contributed by atoms with E-state index in [4.69, 9.17) is 9.47 Å². The van der Waals surface area contributed by atoms with E-state index in [9.17, 15) is 13.8 Å². The highest BCUT2D eigenvalue weighted by atomic mass is 32.2. The molecule has 1 saturated carbocycles. The quantitative estimate of drug-likeness (QED) is 0.307. The summed E-state index contributed by atoms with van der Waals surface area (Å²) in [4.78, 5) is 37.3. The van der Waals surface area contributed by atoms with Crippen LogP contribution in [0.3, 0.4) is 0 Å². The zero-order chi connectivity index (χ0) is 34.9. The van der Waals surface area contributed by atoms with Gasteiger partial charge in [-0.3, -0.25) is 10.1 Å². The van der Waals surface area contributed by atoms with Gasteiger partial charge in [-0.1, -0.05) is 42.8 Å². The van der Waals surface area contributed by atoms with Gasteiger partial charge in [-0.15, -0.1) is 4.36 Å². The van der Waals surface area contributed by atoms with Crippen LogP contribution in [-0.4, -0.2) is 64.8 Å². The molecule has 2 aromatic carbocycles. The Bertz CT molecular complexity index is 1910. The molecule has 50 heavy (non-hydrogen) atoms. The third-order valence-electron chi connectivity index (χ3n) is 10.8. The Kier molecular flexibility index (Phi) is 9.67. The summed E-state index contributed by atoms with van der Waals surface area (Å²) < 4.78 is 33.8. The van der Waals surface area contributed by atoms with Gasteiger partial charge in [0.25, 0.3) is 5.91 Å². The van der Waals surface area contributed by atoms with Crippen LogP contribution in [0.25, 0.3) is 0 Å². The second kappa shape index (κ2) is 14.1. The molecule has 2 bridgehead atoms. The summed E-state index contributed by atoms with van der Waals surface area (Å²) in [6.07, 6.45) is 13.0. The second-order valence-electron chi connectivity index (χ2n) is 14.4. The SMILES string of the molecule is CO[C@H]1/C=C/C[C@H](C)C[S@@](=O)(NC(=O)Nc2ncccn2)=NC(=O)c2ccc3c(c2)N(C[C@@H]2CC[C@H]21)C[C@@]1(CCCc2cc(C)ccc21)CO3. The minimum atomic E-state index is -3.56. The van der Waals surface area contributed by atoms with E-state index in [1.54, 1.807) is 19.2 Å². The lowest BCUT2D eigenvalue weighted by atomic mass is 9.68. The first-order valence-corrected chi connectivity index (χ1v) is 19.3. The molecule has 4 aliphatic rings. The van der Waals surface area contributed by atoms with Gasteiger partial charge in [-0.2, -0.15) is 0 Å². The van der Waals surface area contributed by atoms with Crippen molar-refractivity contribution in [3.63, 3.8) is 0 Å². The van der Waals surface area contributed by atoms with E-state index in [0.29, 0.717) is 30.6 Å². The van der Waals surface area contributed by atoms with E-state index >= 15 is 0 Å². The average Bonchev–Trinajstić information content (AvgIpc) is 3.22. The van der Waals surface area contributed by atoms with Crippen molar-refractivity contribution in [1.29, 1.82) is 0 Å². The Morgan fingerprint density at radius 1 is 1.14 bits per heavy atom. The third-order valence-corrected chi connectivity index (χ3v) is 12.7. The van der Waals surface area contributed by atoms with Gasteiger partial charge in [0.15, 0.2) is 0 Å². The maximum absolute atomic E-state index is 14.4. The number of hydrogen-bond acceptors (Lipinski definition) is 8. The van der Waals surface area contributed by atoms with E-state index in [-0.39, 0.29) is 34.7 Å². The molecule has 12 heteroatoms. The highest BCUT2D eigenvalue weighted by Crippen LogP contribution is 2.47. The summed E-state index contributed by atoms with van der Waals surface area (Å²) in [6, 6.07) is 13.0. The first-order chi connectivity index (χ1) is 24.1. The highest BCUT2D eigenvalue weighted by molar-refractivity contribution is 7.92. The van der Waals surface area contributed by atoms with Crippen LogP contribution in [-0.2, 0) is 26.5 Å². The Labute approximate surface area is 294 Å². The smallest absolute Gasteiger partial charge is 0.334 e. The number of nitrogens with one attached hydrogen (secondary N) is 2. The van der Waals surface area contributed by atoms with Gasteiger partial charge in [-0.05, 0) is 98.6 Å². The molecule has 7 rings (SSSR count). The number of anilines is 2. The molecule has 2 N–H and O–H groups in total. The molecule has 0 radical (unpaired) electrons. The third kappa shape index (κ3) is 7.14. The molecular formula is C38H46N6O5S. The van der Waals surface area contributed by atoms with E-state index in [1.807, 2.05) is 19.1 Å². The van der Waals surface area contributed by atoms with Gasteiger partial charge in [0, 0.05) is 43.6 Å². The van der Waals surface area contributed by atoms with Crippen molar-refractivity contribution in [2.75, 3.05) is 42.8 Å². The molecule has 1 aromatic heterocycles. The number of carbonyl (C=O) groups is 2. The zero-order valence-corrected chi connectivity index (χ0v) is 29.8. The summed E-state index contributed by atoms with van der Waals surface area (Å²) in [5, 5.41) is 2.50. The van der Waals surface area contributed by atoms with E-state index in [1.165, 1.54) is 29.1 Å². The van der Waals surface area contributed by atoms with Crippen LogP contribution >= 0.6 is 0 Å². The molecule has 0 saturated heterocycles. The largest absolute Gasteiger partial charge is 0.490 e. The van der Waals surface area contributed by atoms with Gasteiger partial charge in [0.1, 0.15) is 15.7 Å². The Morgan fingerprint density at radius 3 is 2.76 bits per heavy atom. The van der Waals surface area contributed by atoms with Gasteiger partial charge >= 0.3 is 6.03 Å². The standard InChI is InChI=1S/C38H46N6O5S/c1-25-10-14-31-27(19-25)8-5-16-38(31)23-44-21-29-11-13-30(29)33(48-3)9-4-7-26(2)22-50(47,43-37(46)41-36-39-17-6-18-40-36)42-35(45)28-12-15-34(49-24-38)32(44)20-28/h4,6,9-10,12,14-15,17-20,26,29-30,33H,5,7-8,11,13,16,21-24H2,1-3H3,(H2,39,40,41,42,43,45,46,47)/b9-4+/t26-,29-,30+,33-,38-,50-/m0/s1. The molecule has 3 amide bonds. The van der Waals surface area contributed by atoms with Crippen molar-refractivity contribution >= 4 is 33.5 Å². The number of ether oxygens (including phenoxy) is 2. The van der Waals surface area contributed by atoms with Crippen LogP contribution in [0.5, 0.6) is 5.75 Å². The molecule has 1 spiro atoms. The molecule has 3 aromatic rings. The van der Waals surface area contributed by atoms with Crippen LogP contribution in [0.4, 0.5) is 16.4 Å². The lowest BCUT2D eigenvalue weighted by molar-refractivity contribution is 0.0131. The van der Waals surface area contributed by atoms with Gasteiger partial charge in [0.05, 0.1) is 24.2 Å². The van der Waals surface area contributed by atoms with Crippen LogP contribution in [0.2, 0.25) is 0 Å². The number of fused-ring (bicyclic) bond motifs is 4. The van der Waals surface area contributed by atoms with Gasteiger partial charge in [0.2, 0.25) is 5.95 Å². The predicted octanol–water partition coefficient (Wildman–Crippen LogP) is 6.24. The Balaban J connectivity index is 1.28. The first-order valence-electron chi connectivity index (χ1n) is 17.6. The number of aromatic nitrogens is 2. The fourth-order valence-corrected chi connectivity index (χ4v) is 9.99. The Hall–Kier alpha value is -4.29. The molecule has 3 heterocycles. The minimum absolute atomic E-state index is 0.0303. The molecule has 1 fully saturated rings. The molecule has 264 valence electrons. The van der Waals surface area contributed by atoms with Crippen molar-refractivity contribution in [1.82, 2.24) is 14.7 Å². The molecule has 2 aliphatic carbocycles. The van der Waals surface area contributed by atoms with Crippen LogP contribution < -0.4 is 19.7 Å². The zero-order valence-electron chi connectivity index (χ0n) is 29.0. The van der Waals surface area contributed by atoms with Crippen LogP contribution in [0.15, 0.2) is 71.4 Å². The molecule has 11 nitrogen and oxygen atoms in total. The number of benzene rings is 2. The lowest BCUT2D eigenvalue weighted by Crippen LogP contribution is -2.49. The number of aryl methyl sites for hydroxylation is 2. The van der Waals surface area contributed by atoms with Crippen molar-refractivity contribution in [2.24, 2.45) is 22.1 Å². The maximum atomic E-state index is 14.4. The number of methoxy groups -OCH3 is 1. The van der Waals surface area contributed by atoms with Crippen molar-refractivity contribution in [2.45, 2.75) is 63.9 Å². The van der Waals surface area contributed by atoms with Gasteiger partial charge in [-0.25, -0.2) is 23.7 Å². The predicted molar refractivity (Wildman–Crippen MR) is 194 cm³/mol. The van der Waals surface area contributed by atoms with Crippen molar-refractivity contribution < 1.29 is 23.3 Å². The summed E-state index contributed by atoms with van der Waals surface area (Å²) in [5.74, 6) is 0.646. The summed E-state index contributed by atoms with van der Waals surface area (Å²) >= 11 is 0. The van der Waals surface area contributed by atoms with Crippen LogP contribution in [0.1, 0.15) is 66.1 Å². The summed E-state index contributed by atoms with van der Waals surface area (Å²) in [5.41, 5.74) is 4.91. The molecule has 2 aliphatic heterocycles. The fraction of sp³-hybridized carbons (Fsp3) is 0.474. The van der Waals surface area contributed by atoms with Crippen LogP contribution in [0, 0.1) is 24.7 Å². The summed E-state index contributed by atoms with van der Waals surface area (Å²) in [6.45, 7) is 6.16. The molecule has 0 unspecified atom stereocenters. The number of urea groups is 1. The number of hydrogen-bond donors (Lipinski definition) is 2. The van der Waals surface area contributed by atoms with Crippen molar-refractivity contribution in [3.8, 4) is 5.75 Å². The monoisotopic (exact) mass is 698 g/mol. The molecular weight excluding hydrogens is 653 g/mol. The number of nitrogens with zero attached hydrogens (tertiary/aromatic N) is 4. The average molecular weight is 699 g/mol. The van der Waals surface area contributed by atoms with Gasteiger partial charge < -0.3 is 14.4 Å². The lowest BCUT2D eigenvalue weighted by Gasteiger charge is -2.46. The van der Waals surface area contributed by atoms with E-state index in [2.05, 4.69) is 66.5 Å². The second-order valence-corrected chi connectivity index (χ2v) is 16.4. The van der Waals surface area contributed by atoms with E-state index in [0.717, 1.165) is 50.9 Å². The summed E-state index contributed by atoms with van der Waals surface area (Å²) in [7, 11) is -1.80. The number of allylic oxidation sites excluding steroid dienone is 1. The number of rotatable bonds is 3. The minimum Gasteiger partial charge on any atom is -0.490 e. The normalized spacial score (nSPS) is 30.0.